The fraction of sp³-hybridized carbons (Fsp3) is 0.441. The average molecular weight is 467 g/mol. The van der Waals surface area contributed by atoms with Crippen molar-refractivity contribution in [1.82, 2.24) is 0 Å². The molecular weight excluding hydrogens is 422 g/mol. The molecule has 3 rings (SSSR count). The number of hydrogen-bond donors (Lipinski definition) is 0. The first-order valence-electron chi connectivity index (χ1n) is 13.5. The molecule has 0 saturated heterocycles. The summed E-state index contributed by atoms with van der Waals surface area (Å²) < 4.78 is 0. The molecule has 0 amide bonds. The number of rotatable bonds is 12. The van der Waals surface area contributed by atoms with Gasteiger partial charge in [-0.05, 0) is 30.2 Å². The molecule has 36 heavy (non-hydrogen) atoms. The average Bonchev–Trinajstić information content (AvgIpc) is 2.90. The molecule has 0 spiro atoms. The number of aryl methyl sites for hydroxylation is 2. The molecule has 0 saturated carbocycles. The third-order valence-electron chi connectivity index (χ3n) is 7.65. The van der Waals surface area contributed by atoms with E-state index in [1.807, 2.05) is 0 Å². The van der Waals surface area contributed by atoms with Gasteiger partial charge >= 0.3 is 37.7 Å². The molecule has 0 N–H and O–H groups in total. The fourth-order valence-electron chi connectivity index (χ4n) is 4.80. The van der Waals surface area contributed by atoms with Crippen LogP contribution in [-0.4, -0.2) is 0 Å². The number of hydrogen-bond acceptors (Lipinski definition) is 0. The van der Waals surface area contributed by atoms with Crippen LogP contribution in [0.25, 0.3) is 0 Å². The molecule has 3 aromatic rings. The van der Waals surface area contributed by atoms with Crippen molar-refractivity contribution in [3.05, 3.63) is 112 Å². The summed E-state index contributed by atoms with van der Waals surface area (Å²) in [5, 5.41) is 0. The van der Waals surface area contributed by atoms with E-state index in [2.05, 4.69) is 114 Å². The summed E-state index contributed by atoms with van der Waals surface area (Å²) in [7, 11) is 0. The summed E-state index contributed by atoms with van der Waals surface area (Å²) in [6.07, 6.45) is 6.80. The third kappa shape index (κ3) is 8.64. The molecule has 182 valence electrons. The topological polar surface area (TPSA) is 0 Å². The molecular formula is C34H44Li2. The quantitative estimate of drug-likeness (QED) is 0.283. The Labute approximate surface area is 246 Å². The van der Waals surface area contributed by atoms with E-state index in [0.29, 0.717) is 17.8 Å². The molecule has 3 aromatic carbocycles. The van der Waals surface area contributed by atoms with E-state index < -0.39 is 0 Å². The Hall–Kier alpha value is -1.28. The van der Waals surface area contributed by atoms with Gasteiger partial charge in [0, 0.05) is 0 Å². The molecule has 0 heterocycles. The molecule has 0 fully saturated rings. The Bertz CT molecular complexity index is 908. The molecule has 0 bridgehead atoms. The van der Waals surface area contributed by atoms with E-state index in [1.54, 1.807) is 0 Å². The predicted octanol–water partition coefficient (Wildman–Crippen LogP) is 3.59. The van der Waals surface area contributed by atoms with Crippen molar-refractivity contribution in [2.75, 3.05) is 0 Å². The minimum Gasteiger partial charge on any atom is -0.222 e. The fourth-order valence-corrected chi connectivity index (χ4v) is 4.80. The zero-order valence-corrected chi connectivity index (χ0v) is 24.3. The molecule has 3 atom stereocenters. The van der Waals surface area contributed by atoms with Crippen LogP contribution in [0.2, 0.25) is 0 Å². The second kappa shape index (κ2) is 16.5. The zero-order valence-electron chi connectivity index (χ0n) is 24.3. The van der Waals surface area contributed by atoms with Crippen molar-refractivity contribution in [2.45, 2.75) is 86.0 Å². The molecule has 0 aliphatic rings. The summed E-state index contributed by atoms with van der Waals surface area (Å²) >= 11 is 0. The van der Waals surface area contributed by atoms with Crippen molar-refractivity contribution in [2.24, 2.45) is 11.8 Å². The minimum absolute atomic E-state index is 0. The standard InChI is InChI=1S/C34H44.2Li/c1-7-25(5)23-33(29-19-15-27(9-3)16-20-29)31-13-11-12-14-32(31)34(24-26(6)8-2)30-21-17-28(10-4)18-22-30;;/h11-13,15-22,25-26,33H,7-10,23-24H2,1-6H3;;/q-2;2*+1. The first kappa shape index (κ1) is 32.8. The third-order valence-corrected chi connectivity index (χ3v) is 7.65. The summed E-state index contributed by atoms with van der Waals surface area (Å²) in [6, 6.07) is 29.0. The Morgan fingerprint density at radius 1 is 0.722 bits per heavy atom. The Kier molecular flexibility index (Phi) is 15.1. The van der Waals surface area contributed by atoms with Gasteiger partial charge in [-0.3, -0.25) is 0 Å². The smallest absolute Gasteiger partial charge is 0.222 e. The minimum atomic E-state index is 0. The second-order valence-electron chi connectivity index (χ2n) is 10.1. The summed E-state index contributed by atoms with van der Waals surface area (Å²) in [5.41, 5.74) is 8.35. The summed E-state index contributed by atoms with van der Waals surface area (Å²) in [4.78, 5) is 0. The first-order chi connectivity index (χ1) is 16.5. The SMILES string of the molecule is CCc1ccc([C-](CC(C)CC)c2[c-]cccc2C(CC(C)CC)c2ccc(CC)cc2)cc1.[Li+].[Li+]. The number of benzene rings is 3. The largest absolute Gasteiger partial charge is 1.00 e. The van der Waals surface area contributed by atoms with Crippen LogP contribution >= 0.6 is 0 Å². The normalized spacial score (nSPS) is 13.2. The predicted molar refractivity (Wildman–Crippen MR) is 148 cm³/mol. The molecule has 2 heteroatoms. The maximum Gasteiger partial charge on any atom is 1.00 e. The van der Waals surface area contributed by atoms with Crippen molar-refractivity contribution < 1.29 is 37.7 Å². The van der Waals surface area contributed by atoms with Gasteiger partial charge < -0.3 is 0 Å². The van der Waals surface area contributed by atoms with E-state index in [-0.39, 0.29) is 37.7 Å². The van der Waals surface area contributed by atoms with E-state index in [0.717, 1.165) is 25.7 Å². The second-order valence-corrected chi connectivity index (χ2v) is 10.1. The van der Waals surface area contributed by atoms with Crippen LogP contribution in [0.4, 0.5) is 0 Å². The van der Waals surface area contributed by atoms with Gasteiger partial charge in [-0.15, -0.1) is 24.3 Å². The molecule has 0 aromatic heterocycles. The zero-order chi connectivity index (χ0) is 24.5. The molecule has 0 nitrogen and oxygen atoms in total. The van der Waals surface area contributed by atoms with Gasteiger partial charge in [0.05, 0.1) is 0 Å². The van der Waals surface area contributed by atoms with Crippen LogP contribution in [0.5, 0.6) is 0 Å². The molecule has 0 radical (unpaired) electrons. The van der Waals surface area contributed by atoms with Gasteiger partial charge in [0.2, 0.25) is 0 Å². The van der Waals surface area contributed by atoms with Crippen LogP contribution in [0.1, 0.15) is 107 Å². The van der Waals surface area contributed by atoms with Gasteiger partial charge in [-0.25, -0.2) is 17.2 Å². The van der Waals surface area contributed by atoms with E-state index >= 15 is 0 Å². The van der Waals surface area contributed by atoms with Crippen LogP contribution in [0.15, 0.2) is 66.7 Å². The Morgan fingerprint density at radius 3 is 1.81 bits per heavy atom. The van der Waals surface area contributed by atoms with Gasteiger partial charge in [0.1, 0.15) is 0 Å². The van der Waals surface area contributed by atoms with Crippen LogP contribution in [0.3, 0.4) is 0 Å². The maximum absolute atomic E-state index is 3.72. The van der Waals surface area contributed by atoms with E-state index in [9.17, 15) is 0 Å². The molecule has 0 aliphatic carbocycles. The Balaban J connectivity index is 0.00000324. The van der Waals surface area contributed by atoms with Gasteiger partial charge in [-0.2, -0.15) is 23.6 Å². The maximum atomic E-state index is 3.72. The Morgan fingerprint density at radius 2 is 1.28 bits per heavy atom. The van der Waals surface area contributed by atoms with Crippen molar-refractivity contribution in [3.8, 4) is 0 Å². The monoisotopic (exact) mass is 466 g/mol. The van der Waals surface area contributed by atoms with Gasteiger partial charge in [0.25, 0.3) is 0 Å². The van der Waals surface area contributed by atoms with Gasteiger partial charge in [-0.1, -0.05) is 115 Å². The van der Waals surface area contributed by atoms with Gasteiger partial charge in [0.15, 0.2) is 0 Å². The van der Waals surface area contributed by atoms with Crippen LogP contribution in [-0.2, 0) is 12.8 Å². The van der Waals surface area contributed by atoms with Crippen molar-refractivity contribution in [3.63, 3.8) is 0 Å². The molecule has 3 unspecified atom stereocenters. The summed E-state index contributed by atoms with van der Waals surface area (Å²) in [6.45, 7) is 13.9. The van der Waals surface area contributed by atoms with Crippen LogP contribution < -0.4 is 37.7 Å². The first-order valence-corrected chi connectivity index (χ1v) is 13.5. The molecule has 0 aliphatic heterocycles. The van der Waals surface area contributed by atoms with Crippen LogP contribution in [0, 0.1) is 23.8 Å². The van der Waals surface area contributed by atoms with Crippen molar-refractivity contribution in [1.29, 1.82) is 0 Å². The van der Waals surface area contributed by atoms with Crippen molar-refractivity contribution >= 4 is 0 Å². The summed E-state index contributed by atoms with van der Waals surface area (Å²) in [5.74, 6) is 3.15. The van der Waals surface area contributed by atoms with E-state index in [1.165, 1.54) is 52.1 Å². The van der Waals surface area contributed by atoms with E-state index in [4.69, 9.17) is 0 Å².